The molecule has 0 bridgehead atoms. The Balaban J connectivity index is 1.62. The van der Waals surface area contributed by atoms with Gasteiger partial charge >= 0.3 is 5.91 Å². The summed E-state index contributed by atoms with van der Waals surface area (Å²) in [4.78, 5) is 34.4. The zero-order valence-electron chi connectivity index (χ0n) is 21.6. The quantitative estimate of drug-likeness (QED) is 0.242. The number of nitroso groups, excluding NO2 is 2. The molecule has 4 aromatic carbocycles. The van der Waals surface area contributed by atoms with Gasteiger partial charge in [-0.05, 0) is 76.0 Å². The first-order valence-electron chi connectivity index (χ1n) is 12.1. The minimum Gasteiger partial charge on any atom is -0.508 e. The highest BCUT2D eigenvalue weighted by molar-refractivity contribution is 5.97. The lowest BCUT2D eigenvalue weighted by atomic mass is 9.77. The van der Waals surface area contributed by atoms with Crippen molar-refractivity contribution in [2.24, 2.45) is 10.4 Å². The molecule has 4 rings (SSSR count). The maximum atomic E-state index is 12.5. The number of carbonyl (C=O) groups is 1. The fourth-order valence-corrected chi connectivity index (χ4v) is 4.44. The first-order valence-corrected chi connectivity index (χ1v) is 12.1. The fourth-order valence-electron chi connectivity index (χ4n) is 4.44. The SMILES string of the molecule is CC(C)(c1ccc(N=O)cc1)c1ccc(Oc2ccc(C(C)(C)c3ccc(O)cc3)cc2C(=O)N=O)cc1. The number of carbonyl (C=O) groups excluding carboxylic acids is 1. The van der Waals surface area contributed by atoms with Crippen LogP contribution in [0.3, 0.4) is 0 Å². The van der Waals surface area contributed by atoms with Crippen molar-refractivity contribution in [2.45, 2.75) is 38.5 Å². The standard InChI is InChI=1S/C31H28N2O5/c1-30(2,20-5-12-24(32-36)13-6-20)22-9-16-26(17-10-22)38-28-18-11-23(19-27(28)29(35)33-37)31(3,4)21-7-14-25(34)15-8-21/h5-19,34H,1-4H3. The van der Waals surface area contributed by atoms with E-state index in [-0.39, 0.29) is 22.5 Å². The second-order valence-electron chi connectivity index (χ2n) is 10.2. The van der Waals surface area contributed by atoms with E-state index in [0.717, 1.165) is 22.3 Å². The Morgan fingerprint density at radius 1 is 0.684 bits per heavy atom. The molecule has 7 nitrogen and oxygen atoms in total. The van der Waals surface area contributed by atoms with E-state index in [0.29, 0.717) is 11.4 Å². The van der Waals surface area contributed by atoms with Gasteiger partial charge in [0.2, 0.25) is 0 Å². The van der Waals surface area contributed by atoms with Crippen LogP contribution in [0.2, 0.25) is 0 Å². The van der Waals surface area contributed by atoms with Gasteiger partial charge in [-0.25, -0.2) is 0 Å². The molecule has 0 unspecified atom stereocenters. The number of benzene rings is 4. The molecular weight excluding hydrogens is 480 g/mol. The third-order valence-corrected chi connectivity index (χ3v) is 7.10. The number of ether oxygens (including phenoxy) is 1. The van der Waals surface area contributed by atoms with E-state index in [1.807, 2.05) is 56.3 Å². The Bertz CT molecular complexity index is 1470. The van der Waals surface area contributed by atoms with Gasteiger partial charge in [-0.2, -0.15) is 0 Å². The van der Waals surface area contributed by atoms with Gasteiger partial charge in [-0.15, -0.1) is 9.81 Å². The predicted molar refractivity (Wildman–Crippen MR) is 147 cm³/mol. The average molecular weight is 509 g/mol. The summed E-state index contributed by atoms with van der Waals surface area (Å²) in [5, 5.41) is 15.2. The summed E-state index contributed by atoms with van der Waals surface area (Å²) >= 11 is 0. The van der Waals surface area contributed by atoms with Crippen LogP contribution in [0.15, 0.2) is 101 Å². The Labute approximate surface area is 221 Å². The highest BCUT2D eigenvalue weighted by Gasteiger charge is 2.27. The van der Waals surface area contributed by atoms with Crippen LogP contribution in [0, 0.1) is 9.81 Å². The van der Waals surface area contributed by atoms with Crippen molar-refractivity contribution in [3.63, 3.8) is 0 Å². The largest absolute Gasteiger partial charge is 0.508 e. The van der Waals surface area contributed by atoms with Crippen LogP contribution in [-0.4, -0.2) is 11.0 Å². The summed E-state index contributed by atoms with van der Waals surface area (Å²) in [5.74, 6) is -0.0365. The van der Waals surface area contributed by atoms with E-state index in [1.54, 1.807) is 48.5 Å². The Morgan fingerprint density at radius 3 is 1.68 bits per heavy atom. The molecule has 7 heteroatoms. The molecule has 192 valence electrons. The summed E-state index contributed by atoms with van der Waals surface area (Å²) in [5.41, 5.74) is 3.34. The number of rotatable bonds is 8. The molecule has 0 aromatic heterocycles. The normalized spacial score (nSPS) is 11.6. The zero-order chi connectivity index (χ0) is 27.5. The third kappa shape index (κ3) is 5.22. The number of aromatic hydroxyl groups is 1. The van der Waals surface area contributed by atoms with Gasteiger partial charge in [0.1, 0.15) is 22.9 Å². The van der Waals surface area contributed by atoms with Crippen molar-refractivity contribution in [1.29, 1.82) is 0 Å². The number of amides is 1. The molecule has 0 heterocycles. The van der Waals surface area contributed by atoms with Gasteiger partial charge in [-0.3, -0.25) is 4.79 Å². The van der Waals surface area contributed by atoms with Crippen LogP contribution in [0.4, 0.5) is 5.69 Å². The first-order chi connectivity index (χ1) is 18.1. The molecule has 0 aliphatic heterocycles. The Kier molecular flexibility index (Phi) is 7.21. The molecule has 1 amide bonds. The Morgan fingerprint density at radius 2 is 1.16 bits per heavy atom. The summed E-state index contributed by atoms with van der Waals surface area (Å²) in [6, 6.07) is 26.6. The number of nitrogens with zero attached hydrogens (tertiary/aromatic N) is 2. The highest BCUT2D eigenvalue weighted by Crippen LogP contribution is 2.37. The maximum absolute atomic E-state index is 12.5. The lowest BCUT2D eigenvalue weighted by Gasteiger charge is -2.27. The van der Waals surface area contributed by atoms with Crippen molar-refractivity contribution in [1.82, 2.24) is 0 Å². The molecule has 0 spiro atoms. The van der Waals surface area contributed by atoms with Crippen molar-refractivity contribution in [2.75, 3.05) is 0 Å². The molecule has 0 atom stereocenters. The van der Waals surface area contributed by atoms with Crippen molar-refractivity contribution in [3.8, 4) is 17.2 Å². The molecule has 0 saturated heterocycles. The van der Waals surface area contributed by atoms with Gasteiger partial charge in [0.15, 0.2) is 0 Å². The molecular formula is C31H28N2O5. The first kappa shape index (κ1) is 26.4. The minimum absolute atomic E-state index is 0.0673. The van der Waals surface area contributed by atoms with Crippen LogP contribution in [-0.2, 0) is 10.8 Å². The molecule has 0 fully saturated rings. The highest BCUT2D eigenvalue weighted by atomic mass is 16.5. The molecule has 0 aliphatic carbocycles. The van der Waals surface area contributed by atoms with Crippen LogP contribution < -0.4 is 4.74 Å². The zero-order valence-corrected chi connectivity index (χ0v) is 21.6. The third-order valence-electron chi connectivity index (χ3n) is 7.10. The fraction of sp³-hybridized carbons (Fsp3) is 0.194. The summed E-state index contributed by atoms with van der Waals surface area (Å²) in [6.45, 7) is 8.13. The Hall–Kier alpha value is -4.65. The van der Waals surface area contributed by atoms with Crippen molar-refractivity contribution in [3.05, 3.63) is 129 Å². The van der Waals surface area contributed by atoms with E-state index >= 15 is 0 Å². The second-order valence-corrected chi connectivity index (χ2v) is 10.2. The van der Waals surface area contributed by atoms with E-state index in [9.17, 15) is 19.7 Å². The van der Waals surface area contributed by atoms with Gasteiger partial charge in [0, 0.05) is 16.0 Å². The molecule has 0 saturated carbocycles. The van der Waals surface area contributed by atoms with Crippen LogP contribution in [0.1, 0.15) is 60.3 Å². The van der Waals surface area contributed by atoms with Gasteiger partial charge in [-0.1, -0.05) is 70.2 Å². The van der Waals surface area contributed by atoms with Crippen LogP contribution in [0.5, 0.6) is 17.2 Å². The van der Waals surface area contributed by atoms with Crippen LogP contribution in [0.25, 0.3) is 0 Å². The molecule has 4 aromatic rings. The average Bonchev–Trinajstić information content (AvgIpc) is 2.93. The van der Waals surface area contributed by atoms with E-state index in [4.69, 9.17) is 4.74 Å². The molecule has 0 radical (unpaired) electrons. The van der Waals surface area contributed by atoms with Gasteiger partial charge in [0.05, 0.1) is 5.56 Å². The summed E-state index contributed by atoms with van der Waals surface area (Å²) in [7, 11) is 0. The van der Waals surface area contributed by atoms with E-state index < -0.39 is 11.3 Å². The number of hydrogen-bond acceptors (Lipinski definition) is 6. The maximum Gasteiger partial charge on any atom is 0.320 e. The lowest BCUT2D eigenvalue weighted by Crippen LogP contribution is -2.19. The molecule has 0 aliphatic rings. The summed E-state index contributed by atoms with van der Waals surface area (Å²) < 4.78 is 6.03. The molecule has 1 N–H and O–H groups in total. The second kappa shape index (κ2) is 10.4. The van der Waals surface area contributed by atoms with Gasteiger partial charge in [0.25, 0.3) is 0 Å². The minimum atomic E-state index is -0.922. The number of phenols is 1. The van der Waals surface area contributed by atoms with Crippen LogP contribution >= 0.6 is 0 Å². The monoisotopic (exact) mass is 508 g/mol. The topological polar surface area (TPSA) is 105 Å². The number of phenolic OH excluding ortho intramolecular Hbond substituents is 1. The van der Waals surface area contributed by atoms with E-state index in [1.165, 1.54) is 0 Å². The van der Waals surface area contributed by atoms with Gasteiger partial charge < -0.3 is 9.84 Å². The van der Waals surface area contributed by atoms with Crippen molar-refractivity contribution < 1.29 is 14.6 Å². The van der Waals surface area contributed by atoms with Crippen molar-refractivity contribution >= 4 is 11.6 Å². The number of hydrogen-bond donors (Lipinski definition) is 1. The van der Waals surface area contributed by atoms with E-state index in [2.05, 4.69) is 24.2 Å². The molecule has 38 heavy (non-hydrogen) atoms. The summed E-state index contributed by atoms with van der Waals surface area (Å²) in [6.07, 6.45) is 0. The lowest BCUT2D eigenvalue weighted by molar-refractivity contribution is 0.0998. The smallest absolute Gasteiger partial charge is 0.320 e. The predicted octanol–water partition coefficient (Wildman–Crippen LogP) is 8.14.